The van der Waals surface area contributed by atoms with Gasteiger partial charge in [0.15, 0.2) is 0 Å². The number of rotatable bonds is 3. The van der Waals surface area contributed by atoms with Gasteiger partial charge in [0.05, 0.1) is 5.52 Å². The Kier molecular flexibility index (Phi) is 3.54. The summed E-state index contributed by atoms with van der Waals surface area (Å²) in [7, 11) is 1.93. The Bertz CT molecular complexity index is 520. The van der Waals surface area contributed by atoms with Crippen molar-refractivity contribution in [1.82, 2.24) is 10.3 Å². The van der Waals surface area contributed by atoms with Crippen molar-refractivity contribution in [2.75, 3.05) is 13.6 Å². The van der Waals surface area contributed by atoms with Gasteiger partial charge in [-0.25, -0.2) is 4.98 Å². The first-order chi connectivity index (χ1) is 7.79. The largest absolute Gasteiger partial charge is 0.316 e. The fraction of sp³-hybridized carbons (Fsp3) is 0.154. The van der Waals surface area contributed by atoms with Gasteiger partial charge < -0.3 is 5.32 Å². The highest BCUT2D eigenvalue weighted by atomic mass is 35.5. The van der Waals surface area contributed by atoms with Crippen molar-refractivity contribution in [3.63, 3.8) is 0 Å². The third-order valence-electron chi connectivity index (χ3n) is 2.31. The summed E-state index contributed by atoms with van der Waals surface area (Å²) in [6.07, 6.45) is 4.18. The molecule has 1 N–H and O–H groups in total. The molecule has 1 aromatic carbocycles. The average molecular weight is 233 g/mol. The lowest BCUT2D eigenvalue weighted by molar-refractivity contribution is 0.922. The summed E-state index contributed by atoms with van der Waals surface area (Å²) in [5.74, 6) is 0. The van der Waals surface area contributed by atoms with E-state index in [1.165, 1.54) is 5.56 Å². The van der Waals surface area contributed by atoms with Crippen LogP contribution in [0, 0.1) is 0 Å². The molecule has 0 atom stereocenters. The number of nitrogens with zero attached hydrogens (tertiary/aromatic N) is 1. The van der Waals surface area contributed by atoms with E-state index in [1.54, 1.807) is 0 Å². The fourth-order valence-corrected chi connectivity index (χ4v) is 1.69. The standard InChI is InChI=1S/C13H13ClN2/c1-15-8-2-3-10-4-6-12-11(9-10)5-7-13(14)16-12/h2-7,9,15H,8H2,1H3. The Morgan fingerprint density at radius 2 is 2.19 bits per heavy atom. The first-order valence-corrected chi connectivity index (χ1v) is 5.55. The molecule has 0 fully saturated rings. The molecule has 2 nitrogen and oxygen atoms in total. The topological polar surface area (TPSA) is 24.9 Å². The first-order valence-electron chi connectivity index (χ1n) is 5.17. The molecule has 0 radical (unpaired) electrons. The molecule has 2 aromatic rings. The van der Waals surface area contributed by atoms with Crippen LogP contribution in [0.4, 0.5) is 0 Å². The van der Waals surface area contributed by atoms with Gasteiger partial charge in [-0.1, -0.05) is 29.8 Å². The summed E-state index contributed by atoms with van der Waals surface area (Å²) in [5, 5.41) is 4.71. The number of hydrogen-bond donors (Lipinski definition) is 1. The first kappa shape index (κ1) is 11.1. The zero-order chi connectivity index (χ0) is 11.4. The van der Waals surface area contributed by atoms with Crippen molar-refractivity contribution >= 4 is 28.6 Å². The maximum absolute atomic E-state index is 5.83. The molecule has 0 amide bonds. The zero-order valence-electron chi connectivity index (χ0n) is 9.07. The van der Waals surface area contributed by atoms with Crippen LogP contribution in [0.15, 0.2) is 36.4 Å². The van der Waals surface area contributed by atoms with Crippen molar-refractivity contribution in [1.29, 1.82) is 0 Å². The van der Waals surface area contributed by atoms with Gasteiger partial charge in [0, 0.05) is 11.9 Å². The Hall–Kier alpha value is -1.38. The number of hydrogen-bond acceptors (Lipinski definition) is 2. The molecule has 3 heteroatoms. The summed E-state index contributed by atoms with van der Waals surface area (Å²) in [4.78, 5) is 4.24. The minimum atomic E-state index is 0.533. The van der Waals surface area contributed by atoms with E-state index in [1.807, 2.05) is 31.3 Å². The maximum Gasteiger partial charge on any atom is 0.129 e. The highest BCUT2D eigenvalue weighted by Gasteiger charge is 1.96. The minimum Gasteiger partial charge on any atom is -0.316 e. The average Bonchev–Trinajstić information content (AvgIpc) is 2.29. The van der Waals surface area contributed by atoms with Gasteiger partial charge in [-0.3, -0.25) is 0 Å². The fourth-order valence-electron chi connectivity index (χ4n) is 1.54. The third-order valence-corrected chi connectivity index (χ3v) is 2.52. The smallest absolute Gasteiger partial charge is 0.129 e. The maximum atomic E-state index is 5.83. The van der Waals surface area contributed by atoms with Crippen LogP contribution in [0.1, 0.15) is 5.56 Å². The van der Waals surface area contributed by atoms with E-state index in [9.17, 15) is 0 Å². The second kappa shape index (κ2) is 5.10. The van der Waals surface area contributed by atoms with Gasteiger partial charge in [0.2, 0.25) is 0 Å². The number of pyridine rings is 1. The van der Waals surface area contributed by atoms with Gasteiger partial charge in [-0.2, -0.15) is 0 Å². The number of benzene rings is 1. The van der Waals surface area contributed by atoms with Crippen LogP contribution in [-0.2, 0) is 0 Å². The molecule has 0 unspecified atom stereocenters. The molecule has 0 aliphatic heterocycles. The van der Waals surface area contributed by atoms with E-state index < -0.39 is 0 Å². The molecular formula is C13H13ClN2. The zero-order valence-corrected chi connectivity index (χ0v) is 9.83. The van der Waals surface area contributed by atoms with Gasteiger partial charge >= 0.3 is 0 Å². The lowest BCUT2D eigenvalue weighted by Crippen LogP contribution is -2.03. The van der Waals surface area contributed by atoms with E-state index in [-0.39, 0.29) is 0 Å². The minimum absolute atomic E-state index is 0.533. The Labute approximate surface area is 100.0 Å². The molecule has 0 spiro atoms. The summed E-state index contributed by atoms with van der Waals surface area (Å²) >= 11 is 5.83. The summed E-state index contributed by atoms with van der Waals surface area (Å²) in [6.45, 7) is 0.872. The van der Waals surface area contributed by atoms with Crippen molar-refractivity contribution in [2.45, 2.75) is 0 Å². The van der Waals surface area contributed by atoms with Crippen LogP contribution >= 0.6 is 11.6 Å². The third kappa shape index (κ3) is 2.60. The van der Waals surface area contributed by atoms with E-state index in [0.717, 1.165) is 17.4 Å². The van der Waals surface area contributed by atoms with Gasteiger partial charge in [-0.15, -0.1) is 0 Å². The van der Waals surface area contributed by atoms with Crippen molar-refractivity contribution in [3.05, 3.63) is 47.1 Å². The van der Waals surface area contributed by atoms with Crippen molar-refractivity contribution in [3.8, 4) is 0 Å². The molecule has 2 rings (SSSR count). The number of halogens is 1. The summed E-state index contributed by atoms with van der Waals surface area (Å²) in [5.41, 5.74) is 2.10. The van der Waals surface area contributed by atoms with Crippen molar-refractivity contribution in [2.24, 2.45) is 0 Å². The number of fused-ring (bicyclic) bond motifs is 1. The summed E-state index contributed by atoms with van der Waals surface area (Å²) in [6, 6.07) is 9.92. The number of aromatic nitrogens is 1. The van der Waals surface area contributed by atoms with Gasteiger partial charge in [0.1, 0.15) is 5.15 Å². The van der Waals surface area contributed by atoms with Crippen LogP contribution in [0.5, 0.6) is 0 Å². The molecule has 16 heavy (non-hydrogen) atoms. The number of likely N-dealkylation sites (N-methyl/N-ethyl adjacent to an activating group) is 1. The van der Waals surface area contributed by atoms with E-state index in [2.05, 4.69) is 28.5 Å². The van der Waals surface area contributed by atoms with Crippen LogP contribution in [0.25, 0.3) is 17.0 Å². The molecule has 1 aromatic heterocycles. The molecular weight excluding hydrogens is 220 g/mol. The predicted octanol–water partition coefficient (Wildman–Crippen LogP) is 3.12. The Morgan fingerprint density at radius 3 is 3.00 bits per heavy atom. The second-order valence-electron chi connectivity index (χ2n) is 3.55. The van der Waals surface area contributed by atoms with Gasteiger partial charge in [-0.05, 0) is 36.9 Å². The molecule has 0 bridgehead atoms. The normalized spacial score (nSPS) is 11.4. The molecule has 0 aliphatic rings. The van der Waals surface area contributed by atoms with Crippen LogP contribution < -0.4 is 5.32 Å². The Morgan fingerprint density at radius 1 is 1.31 bits per heavy atom. The lowest BCUT2D eigenvalue weighted by Gasteiger charge is -1.99. The second-order valence-corrected chi connectivity index (χ2v) is 3.93. The van der Waals surface area contributed by atoms with Crippen LogP contribution in [0.3, 0.4) is 0 Å². The van der Waals surface area contributed by atoms with E-state index in [4.69, 9.17) is 11.6 Å². The molecule has 82 valence electrons. The van der Waals surface area contributed by atoms with Crippen LogP contribution in [0.2, 0.25) is 5.15 Å². The predicted molar refractivity (Wildman–Crippen MR) is 69.7 cm³/mol. The quantitative estimate of drug-likeness (QED) is 0.823. The lowest BCUT2D eigenvalue weighted by atomic mass is 10.1. The van der Waals surface area contributed by atoms with E-state index >= 15 is 0 Å². The molecule has 0 aliphatic carbocycles. The van der Waals surface area contributed by atoms with Crippen molar-refractivity contribution < 1.29 is 0 Å². The highest BCUT2D eigenvalue weighted by Crippen LogP contribution is 2.17. The molecule has 1 heterocycles. The highest BCUT2D eigenvalue weighted by molar-refractivity contribution is 6.29. The Balaban J connectivity index is 2.33. The van der Waals surface area contributed by atoms with Crippen LogP contribution in [-0.4, -0.2) is 18.6 Å². The molecule has 0 saturated heterocycles. The SMILES string of the molecule is CNCC=Cc1ccc2nc(Cl)ccc2c1. The monoisotopic (exact) mass is 232 g/mol. The molecule has 0 saturated carbocycles. The number of nitrogens with one attached hydrogen (secondary N) is 1. The van der Waals surface area contributed by atoms with E-state index in [0.29, 0.717) is 5.15 Å². The van der Waals surface area contributed by atoms with Gasteiger partial charge in [0.25, 0.3) is 0 Å². The summed E-state index contributed by atoms with van der Waals surface area (Å²) < 4.78 is 0.